The monoisotopic (exact) mass is 301 g/mol. The van der Waals surface area contributed by atoms with Gasteiger partial charge in [0.25, 0.3) is 0 Å². The van der Waals surface area contributed by atoms with Crippen LogP contribution in [0.4, 0.5) is 0 Å². The second-order valence-electron chi connectivity index (χ2n) is 4.55. The highest BCUT2D eigenvalue weighted by Crippen LogP contribution is 2.23. The van der Waals surface area contributed by atoms with Crippen LogP contribution in [-0.4, -0.2) is 23.9 Å². The molecule has 0 radical (unpaired) electrons. The van der Waals surface area contributed by atoms with Gasteiger partial charge < -0.3 is 10.5 Å². The molecule has 0 spiro atoms. The van der Waals surface area contributed by atoms with Crippen LogP contribution in [0.5, 0.6) is 0 Å². The third-order valence-electron chi connectivity index (χ3n) is 2.65. The number of benzene rings is 1. The molecule has 0 saturated heterocycles. The van der Waals surface area contributed by atoms with E-state index in [1.165, 1.54) is 0 Å². The molecule has 0 heterocycles. The third-order valence-corrected chi connectivity index (χ3v) is 3.96. The van der Waals surface area contributed by atoms with Crippen molar-refractivity contribution in [1.82, 2.24) is 0 Å². The first-order chi connectivity index (χ1) is 8.95. The smallest absolute Gasteiger partial charge is 0.325 e. The van der Waals surface area contributed by atoms with Crippen molar-refractivity contribution >= 4 is 29.3 Å². The Bertz CT molecular complexity index is 424. The molecule has 0 aliphatic heterocycles. The lowest BCUT2D eigenvalue weighted by molar-refractivity contribution is -0.149. The Morgan fingerprint density at radius 2 is 2.26 bits per heavy atom. The number of carbonyl (C=O) groups is 1. The van der Waals surface area contributed by atoms with Crippen LogP contribution >= 0.6 is 23.4 Å². The lowest BCUT2D eigenvalue weighted by atomic mass is 9.98. The van der Waals surface area contributed by atoms with Gasteiger partial charge in [0, 0.05) is 9.92 Å². The van der Waals surface area contributed by atoms with Crippen LogP contribution in [0.3, 0.4) is 0 Å². The molecule has 1 unspecified atom stereocenters. The summed E-state index contributed by atoms with van der Waals surface area (Å²) in [6.45, 7) is 3.86. The van der Waals surface area contributed by atoms with Gasteiger partial charge in [-0.05, 0) is 50.6 Å². The van der Waals surface area contributed by atoms with E-state index in [1.54, 1.807) is 25.6 Å². The number of rotatable bonds is 7. The van der Waals surface area contributed by atoms with Crippen LogP contribution in [0.2, 0.25) is 5.02 Å². The van der Waals surface area contributed by atoms with Gasteiger partial charge in [0.2, 0.25) is 0 Å². The van der Waals surface area contributed by atoms with Crippen LogP contribution in [0.1, 0.15) is 26.7 Å². The van der Waals surface area contributed by atoms with Crippen LogP contribution < -0.4 is 5.73 Å². The van der Waals surface area contributed by atoms with Gasteiger partial charge in [-0.15, -0.1) is 11.8 Å². The van der Waals surface area contributed by atoms with Gasteiger partial charge in [-0.25, -0.2) is 0 Å². The maximum Gasteiger partial charge on any atom is 0.325 e. The van der Waals surface area contributed by atoms with E-state index in [1.807, 2.05) is 24.3 Å². The number of halogens is 1. The van der Waals surface area contributed by atoms with Crippen LogP contribution in [0.25, 0.3) is 0 Å². The molecule has 19 heavy (non-hydrogen) atoms. The number of hydrogen-bond donors (Lipinski definition) is 1. The molecule has 106 valence electrons. The Labute approximate surface area is 123 Å². The molecule has 0 aliphatic rings. The minimum atomic E-state index is -0.898. The molecule has 0 bridgehead atoms. The molecule has 3 nitrogen and oxygen atoms in total. The average molecular weight is 302 g/mol. The molecule has 0 saturated carbocycles. The van der Waals surface area contributed by atoms with Gasteiger partial charge in [0.1, 0.15) is 5.54 Å². The van der Waals surface area contributed by atoms with Gasteiger partial charge in [0.15, 0.2) is 0 Å². The Balaban J connectivity index is 2.32. The Hall–Kier alpha value is -0.710. The molecule has 2 N–H and O–H groups in total. The van der Waals surface area contributed by atoms with E-state index in [0.29, 0.717) is 13.0 Å². The van der Waals surface area contributed by atoms with Crippen molar-refractivity contribution in [3.63, 3.8) is 0 Å². The Morgan fingerprint density at radius 3 is 2.89 bits per heavy atom. The molecule has 1 atom stereocenters. The van der Waals surface area contributed by atoms with E-state index in [2.05, 4.69) is 0 Å². The first-order valence-electron chi connectivity index (χ1n) is 6.30. The van der Waals surface area contributed by atoms with Crippen LogP contribution in [-0.2, 0) is 9.53 Å². The number of carbonyl (C=O) groups excluding carboxylic acids is 1. The SMILES string of the molecule is CCOC(=O)C(C)(N)CCCSc1cccc(Cl)c1. The quantitative estimate of drug-likeness (QED) is 0.476. The van der Waals surface area contributed by atoms with Crippen molar-refractivity contribution in [2.24, 2.45) is 5.73 Å². The zero-order chi connectivity index (χ0) is 14.3. The van der Waals surface area contributed by atoms with E-state index < -0.39 is 5.54 Å². The Morgan fingerprint density at radius 1 is 1.53 bits per heavy atom. The summed E-state index contributed by atoms with van der Waals surface area (Å²) >= 11 is 7.62. The zero-order valence-electron chi connectivity index (χ0n) is 11.3. The second-order valence-corrected chi connectivity index (χ2v) is 6.15. The maximum absolute atomic E-state index is 11.6. The van der Waals surface area contributed by atoms with E-state index in [4.69, 9.17) is 22.1 Å². The maximum atomic E-state index is 11.6. The first kappa shape index (κ1) is 16.3. The molecule has 5 heteroatoms. The molecule has 0 aliphatic carbocycles. The minimum Gasteiger partial charge on any atom is -0.465 e. The molecule has 1 rings (SSSR count). The predicted octanol–water partition coefficient (Wildman–Crippen LogP) is 3.49. The number of thioether (sulfide) groups is 1. The highest BCUT2D eigenvalue weighted by atomic mass is 35.5. The fourth-order valence-electron chi connectivity index (χ4n) is 1.58. The first-order valence-corrected chi connectivity index (χ1v) is 7.66. The van der Waals surface area contributed by atoms with Crippen molar-refractivity contribution in [2.45, 2.75) is 37.1 Å². The molecule has 0 aromatic heterocycles. The number of ether oxygens (including phenoxy) is 1. The average Bonchev–Trinajstić information content (AvgIpc) is 2.35. The lowest BCUT2D eigenvalue weighted by Crippen LogP contribution is -2.46. The summed E-state index contributed by atoms with van der Waals surface area (Å²) in [7, 11) is 0. The molecule has 1 aromatic rings. The second kappa shape index (κ2) is 7.78. The van der Waals surface area contributed by atoms with E-state index in [-0.39, 0.29) is 5.97 Å². The van der Waals surface area contributed by atoms with Crippen molar-refractivity contribution in [3.05, 3.63) is 29.3 Å². The summed E-state index contributed by atoms with van der Waals surface area (Å²) < 4.78 is 4.95. The molecule has 1 aromatic carbocycles. The lowest BCUT2D eigenvalue weighted by Gasteiger charge is -2.21. The van der Waals surface area contributed by atoms with Gasteiger partial charge in [-0.1, -0.05) is 17.7 Å². The van der Waals surface area contributed by atoms with E-state index in [9.17, 15) is 4.79 Å². The fourth-order valence-corrected chi connectivity index (χ4v) is 2.75. The highest BCUT2D eigenvalue weighted by Gasteiger charge is 2.28. The highest BCUT2D eigenvalue weighted by molar-refractivity contribution is 7.99. The number of esters is 1. The molecular formula is C14H20ClNO2S. The van der Waals surface area contributed by atoms with E-state index in [0.717, 1.165) is 22.1 Å². The van der Waals surface area contributed by atoms with Crippen molar-refractivity contribution < 1.29 is 9.53 Å². The standard InChI is InChI=1S/C14H20ClNO2S/c1-3-18-13(17)14(2,16)8-5-9-19-12-7-4-6-11(15)10-12/h4,6-7,10H,3,5,8-9,16H2,1-2H3. The normalized spacial score (nSPS) is 13.9. The van der Waals surface area contributed by atoms with Gasteiger partial charge in [-0.3, -0.25) is 4.79 Å². The van der Waals surface area contributed by atoms with E-state index >= 15 is 0 Å². The summed E-state index contributed by atoms with van der Waals surface area (Å²) in [4.78, 5) is 12.7. The summed E-state index contributed by atoms with van der Waals surface area (Å²) in [6.07, 6.45) is 1.46. The minimum absolute atomic E-state index is 0.331. The zero-order valence-corrected chi connectivity index (χ0v) is 12.9. The topological polar surface area (TPSA) is 52.3 Å². The van der Waals surface area contributed by atoms with Gasteiger partial charge in [0.05, 0.1) is 6.61 Å². The largest absolute Gasteiger partial charge is 0.465 e. The van der Waals surface area contributed by atoms with Crippen LogP contribution in [0, 0.1) is 0 Å². The molecular weight excluding hydrogens is 282 g/mol. The summed E-state index contributed by atoms with van der Waals surface area (Å²) in [5.74, 6) is 0.565. The number of nitrogens with two attached hydrogens (primary N) is 1. The van der Waals surface area contributed by atoms with Crippen molar-refractivity contribution in [3.8, 4) is 0 Å². The molecule has 0 amide bonds. The van der Waals surface area contributed by atoms with Crippen molar-refractivity contribution in [1.29, 1.82) is 0 Å². The van der Waals surface area contributed by atoms with Gasteiger partial charge in [-0.2, -0.15) is 0 Å². The predicted molar refractivity (Wildman–Crippen MR) is 80.6 cm³/mol. The van der Waals surface area contributed by atoms with Crippen molar-refractivity contribution in [2.75, 3.05) is 12.4 Å². The Kier molecular flexibility index (Phi) is 6.69. The molecule has 0 fully saturated rings. The van der Waals surface area contributed by atoms with Crippen LogP contribution in [0.15, 0.2) is 29.2 Å². The third kappa shape index (κ3) is 5.85. The summed E-state index contributed by atoms with van der Waals surface area (Å²) in [5, 5.41) is 0.736. The summed E-state index contributed by atoms with van der Waals surface area (Å²) in [6, 6.07) is 7.72. The van der Waals surface area contributed by atoms with Gasteiger partial charge >= 0.3 is 5.97 Å². The number of hydrogen-bond acceptors (Lipinski definition) is 4. The summed E-state index contributed by atoms with van der Waals surface area (Å²) in [5.41, 5.74) is 5.05. The fraction of sp³-hybridized carbons (Fsp3) is 0.500.